The average molecular weight is 313 g/mol. The summed E-state index contributed by atoms with van der Waals surface area (Å²) in [5, 5.41) is 2.40. The lowest BCUT2D eigenvalue weighted by Crippen LogP contribution is -2.33. The van der Waals surface area contributed by atoms with Crippen molar-refractivity contribution in [2.24, 2.45) is 0 Å². The van der Waals surface area contributed by atoms with E-state index in [2.05, 4.69) is 5.32 Å². The van der Waals surface area contributed by atoms with E-state index in [0.717, 1.165) is 0 Å². The SMILES string of the molecule is C[Si](C)(C)Oc1ccccc1C(=O)NC(=O)c1ccccc1. The fraction of sp³-hybridized carbons (Fsp3) is 0.176. The molecular formula is C17H19NO3Si. The zero-order valence-corrected chi connectivity index (χ0v) is 13.9. The van der Waals surface area contributed by atoms with Crippen LogP contribution in [-0.4, -0.2) is 20.1 Å². The van der Waals surface area contributed by atoms with E-state index in [1.54, 1.807) is 42.5 Å². The summed E-state index contributed by atoms with van der Waals surface area (Å²) < 4.78 is 5.91. The Labute approximate surface area is 131 Å². The number of carbonyl (C=O) groups excluding carboxylic acids is 2. The number of hydrogen-bond donors (Lipinski definition) is 1. The van der Waals surface area contributed by atoms with Crippen molar-refractivity contribution in [3.63, 3.8) is 0 Å². The lowest BCUT2D eigenvalue weighted by molar-refractivity contribution is 0.0848. The first-order valence-corrected chi connectivity index (χ1v) is 10.5. The van der Waals surface area contributed by atoms with E-state index in [0.29, 0.717) is 16.9 Å². The van der Waals surface area contributed by atoms with E-state index in [1.165, 1.54) is 0 Å². The number of para-hydroxylation sites is 1. The van der Waals surface area contributed by atoms with Crippen molar-refractivity contribution in [2.45, 2.75) is 19.6 Å². The minimum Gasteiger partial charge on any atom is -0.544 e. The molecule has 0 saturated carbocycles. The molecule has 0 unspecified atom stereocenters. The minimum atomic E-state index is -1.84. The van der Waals surface area contributed by atoms with E-state index in [1.807, 2.05) is 31.8 Å². The van der Waals surface area contributed by atoms with Crippen LogP contribution in [0.5, 0.6) is 5.75 Å². The van der Waals surface area contributed by atoms with Crippen LogP contribution >= 0.6 is 0 Å². The van der Waals surface area contributed by atoms with Crippen molar-refractivity contribution >= 4 is 20.1 Å². The third-order valence-corrected chi connectivity index (χ3v) is 3.64. The number of benzene rings is 2. The van der Waals surface area contributed by atoms with Crippen LogP contribution in [0, 0.1) is 0 Å². The molecule has 0 bridgehead atoms. The van der Waals surface area contributed by atoms with E-state index >= 15 is 0 Å². The molecule has 2 amide bonds. The first-order valence-electron chi connectivity index (χ1n) is 7.05. The smallest absolute Gasteiger partial charge is 0.261 e. The lowest BCUT2D eigenvalue weighted by atomic mass is 10.1. The Morgan fingerprint density at radius 2 is 1.45 bits per heavy atom. The van der Waals surface area contributed by atoms with E-state index in [-0.39, 0.29) is 0 Å². The zero-order valence-electron chi connectivity index (χ0n) is 12.9. The maximum atomic E-state index is 12.3. The number of hydrogen-bond acceptors (Lipinski definition) is 3. The standard InChI is InChI=1S/C17H19NO3Si/c1-22(2,3)21-15-12-8-7-11-14(15)17(20)18-16(19)13-9-5-4-6-10-13/h4-12H,1-3H3,(H,18,19,20). The topological polar surface area (TPSA) is 55.4 Å². The molecule has 0 aromatic heterocycles. The molecule has 0 atom stereocenters. The summed E-state index contributed by atoms with van der Waals surface area (Å²) in [6, 6.07) is 15.6. The highest BCUT2D eigenvalue weighted by molar-refractivity contribution is 6.70. The Bertz CT molecular complexity index is 678. The molecule has 2 aromatic carbocycles. The van der Waals surface area contributed by atoms with Gasteiger partial charge in [-0.2, -0.15) is 0 Å². The second kappa shape index (κ2) is 6.57. The number of amides is 2. The third kappa shape index (κ3) is 4.29. The second-order valence-electron chi connectivity index (χ2n) is 5.86. The first-order chi connectivity index (χ1) is 10.4. The molecule has 4 nitrogen and oxygen atoms in total. The van der Waals surface area contributed by atoms with Crippen LogP contribution in [0.15, 0.2) is 54.6 Å². The van der Waals surface area contributed by atoms with Gasteiger partial charge in [0.1, 0.15) is 5.75 Å². The van der Waals surface area contributed by atoms with Crippen LogP contribution in [0.3, 0.4) is 0 Å². The fourth-order valence-electron chi connectivity index (χ4n) is 1.91. The normalized spacial score (nSPS) is 10.9. The second-order valence-corrected chi connectivity index (χ2v) is 10.3. The molecule has 0 aliphatic carbocycles. The van der Waals surface area contributed by atoms with Crippen LogP contribution in [0.2, 0.25) is 19.6 Å². The Hall–Kier alpha value is -2.40. The number of carbonyl (C=O) groups is 2. The van der Waals surface area contributed by atoms with Crippen molar-refractivity contribution < 1.29 is 14.0 Å². The minimum absolute atomic E-state index is 0.370. The molecule has 114 valence electrons. The number of rotatable bonds is 4. The highest BCUT2D eigenvalue weighted by atomic mass is 28.4. The van der Waals surface area contributed by atoms with Crippen LogP contribution in [0.1, 0.15) is 20.7 Å². The third-order valence-electron chi connectivity index (χ3n) is 2.81. The molecule has 0 heterocycles. The lowest BCUT2D eigenvalue weighted by Gasteiger charge is -2.21. The van der Waals surface area contributed by atoms with Gasteiger partial charge in [-0.25, -0.2) is 0 Å². The summed E-state index contributed by atoms with van der Waals surface area (Å²) in [7, 11) is -1.84. The van der Waals surface area contributed by atoms with Gasteiger partial charge in [0.05, 0.1) is 5.56 Å². The maximum Gasteiger partial charge on any atom is 0.261 e. The van der Waals surface area contributed by atoms with Crippen molar-refractivity contribution in [2.75, 3.05) is 0 Å². The Kier molecular flexibility index (Phi) is 4.77. The summed E-state index contributed by atoms with van der Waals surface area (Å²) in [5.74, 6) is -0.365. The summed E-state index contributed by atoms with van der Waals surface area (Å²) in [4.78, 5) is 24.4. The molecular weight excluding hydrogens is 294 g/mol. The van der Waals surface area contributed by atoms with Crippen molar-refractivity contribution in [1.29, 1.82) is 0 Å². The molecule has 2 aromatic rings. The molecule has 0 saturated heterocycles. The molecule has 5 heteroatoms. The van der Waals surface area contributed by atoms with Gasteiger partial charge in [-0.3, -0.25) is 14.9 Å². The molecule has 0 spiro atoms. The van der Waals surface area contributed by atoms with Crippen molar-refractivity contribution in [3.05, 3.63) is 65.7 Å². The molecule has 0 aliphatic rings. The van der Waals surface area contributed by atoms with Gasteiger partial charge in [0, 0.05) is 5.56 Å². The number of nitrogens with one attached hydrogen (secondary N) is 1. The van der Waals surface area contributed by atoms with Gasteiger partial charge in [0.2, 0.25) is 8.32 Å². The number of imide groups is 1. The molecule has 0 aliphatic heterocycles. The van der Waals surface area contributed by atoms with E-state index < -0.39 is 20.1 Å². The average Bonchev–Trinajstić information content (AvgIpc) is 2.47. The van der Waals surface area contributed by atoms with Crippen molar-refractivity contribution in [1.82, 2.24) is 5.32 Å². The summed E-state index contributed by atoms with van der Waals surface area (Å²) >= 11 is 0. The summed E-state index contributed by atoms with van der Waals surface area (Å²) in [6.07, 6.45) is 0. The summed E-state index contributed by atoms with van der Waals surface area (Å²) in [6.45, 7) is 6.12. The Balaban J connectivity index is 2.18. The van der Waals surface area contributed by atoms with E-state index in [4.69, 9.17) is 4.43 Å². The highest BCUT2D eigenvalue weighted by Gasteiger charge is 2.21. The predicted octanol–water partition coefficient (Wildman–Crippen LogP) is 3.47. The molecule has 22 heavy (non-hydrogen) atoms. The zero-order chi connectivity index (χ0) is 16.2. The van der Waals surface area contributed by atoms with Gasteiger partial charge in [0.25, 0.3) is 11.8 Å². The predicted molar refractivity (Wildman–Crippen MR) is 88.7 cm³/mol. The van der Waals surface area contributed by atoms with Gasteiger partial charge in [-0.1, -0.05) is 30.3 Å². The van der Waals surface area contributed by atoms with Crippen LogP contribution in [-0.2, 0) is 0 Å². The van der Waals surface area contributed by atoms with E-state index in [9.17, 15) is 9.59 Å². The molecule has 2 rings (SSSR count). The van der Waals surface area contributed by atoms with Gasteiger partial charge >= 0.3 is 0 Å². The Morgan fingerprint density at radius 3 is 2.09 bits per heavy atom. The molecule has 0 fully saturated rings. The first kappa shape index (κ1) is 16.0. The molecule has 1 N–H and O–H groups in total. The quantitative estimate of drug-likeness (QED) is 0.694. The van der Waals surface area contributed by atoms with Crippen LogP contribution in [0.25, 0.3) is 0 Å². The van der Waals surface area contributed by atoms with Gasteiger partial charge in [-0.05, 0) is 43.9 Å². The largest absolute Gasteiger partial charge is 0.544 e. The summed E-state index contributed by atoms with van der Waals surface area (Å²) in [5.41, 5.74) is 0.814. The van der Waals surface area contributed by atoms with Gasteiger partial charge in [-0.15, -0.1) is 0 Å². The van der Waals surface area contributed by atoms with Gasteiger partial charge < -0.3 is 4.43 Å². The highest BCUT2D eigenvalue weighted by Crippen LogP contribution is 2.21. The Morgan fingerprint density at radius 1 is 0.864 bits per heavy atom. The monoisotopic (exact) mass is 313 g/mol. The fourth-order valence-corrected chi connectivity index (χ4v) is 2.74. The van der Waals surface area contributed by atoms with Crippen LogP contribution in [0.4, 0.5) is 0 Å². The van der Waals surface area contributed by atoms with Crippen molar-refractivity contribution in [3.8, 4) is 5.75 Å². The molecule has 0 radical (unpaired) electrons. The van der Waals surface area contributed by atoms with Crippen LogP contribution < -0.4 is 9.74 Å². The van der Waals surface area contributed by atoms with Gasteiger partial charge in [0.15, 0.2) is 0 Å². The maximum absolute atomic E-state index is 12.3.